The molecule has 1 nitrogen and oxygen atoms in total. The molecule has 0 fully saturated rings. The van der Waals surface area contributed by atoms with Gasteiger partial charge in [0.2, 0.25) is 0 Å². The zero-order valence-electron chi connectivity index (χ0n) is 17.6. The second-order valence-corrected chi connectivity index (χ2v) is 26.7. The van der Waals surface area contributed by atoms with Gasteiger partial charge in [-0.25, -0.2) is 0 Å². The van der Waals surface area contributed by atoms with E-state index < -0.39 is 37.3 Å². The molecule has 0 amide bonds. The van der Waals surface area contributed by atoms with E-state index in [9.17, 15) is 0 Å². The maximum Gasteiger partial charge on any atom is -0.412 e. The van der Waals surface area contributed by atoms with Crippen LogP contribution in [0.2, 0.25) is 17.7 Å². The summed E-state index contributed by atoms with van der Waals surface area (Å²) in [4.78, 5) is 0. The van der Waals surface area contributed by atoms with Crippen LogP contribution in [0.3, 0.4) is 0 Å². The monoisotopic (exact) mass is 612 g/mol. The molecule has 0 bridgehead atoms. The Kier molecular flexibility index (Phi) is 36.1. The van der Waals surface area contributed by atoms with Gasteiger partial charge in [-0.1, -0.05) is 0 Å². The van der Waals surface area contributed by atoms with Crippen molar-refractivity contribution in [3.63, 3.8) is 0 Å². The summed E-state index contributed by atoms with van der Waals surface area (Å²) in [7, 11) is 12.4. The standard InChI is InChI=1S/2C8H17.2C2H5.2ClH.H2O.2Sn/c2*1-3-5-7-8-6-4-2;2*1-2;;;;;/h2*1,3-8H2,2H3;2*1H2,2H3;2*1H;1H2;;/q;;;;;;;2*+1/p-2. The summed E-state index contributed by atoms with van der Waals surface area (Å²) in [5, 5.41) is 0. The zero-order valence-corrected chi connectivity index (χ0v) is 24.8. The molecule has 0 aromatic rings. The average Bonchev–Trinajstić information content (AvgIpc) is 2.61. The summed E-state index contributed by atoms with van der Waals surface area (Å²) in [5.74, 6) is 0. The Morgan fingerprint density at radius 2 is 0.760 bits per heavy atom. The first kappa shape index (κ1) is 31.8. The first-order chi connectivity index (χ1) is 11.6. The van der Waals surface area contributed by atoms with Crippen LogP contribution in [-0.4, -0.2) is 42.7 Å². The van der Waals surface area contributed by atoms with Gasteiger partial charge in [0.15, 0.2) is 0 Å². The molecule has 0 aliphatic rings. The molecule has 0 rings (SSSR count). The van der Waals surface area contributed by atoms with Crippen LogP contribution in [0.25, 0.3) is 0 Å². The van der Waals surface area contributed by atoms with Gasteiger partial charge in [-0.2, -0.15) is 0 Å². The molecule has 0 saturated carbocycles. The Morgan fingerprint density at radius 3 is 1.04 bits per heavy atom. The Labute approximate surface area is 181 Å². The van der Waals surface area contributed by atoms with Gasteiger partial charge < -0.3 is 5.48 Å². The van der Waals surface area contributed by atoms with Crippen molar-refractivity contribution in [1.29, 1.82) is 0 Å². The van der Waals surface area contributed by atoms with Gasteiger partial charge >= 0.3 is 178 Å². The van der Waals surface area contributed by atoms with Crippen LogP contribution >= 0.6 is 17.8 Å². The maximum atomic E-state index is 6.20. The fourth-order valence-corrected chi connectivity index (χ4v) is 9.98. The van der Waals surface area contributed by atoms with E-state index in [1.165, 1.54) is 94.8 Å². The van der Waals surface area contributed by atoms with Crippen molar-refractivity contribution in [3.05, 3.63) is 0 Å². The van der Waals surface area contributed by atoms with Crippen molar-refractivity contribution in [2.75, 3.05) is 0 Å². The van der Waals surface area contributed by atoms with Gasteiger partial charge in [-0.15, -0.1) is 0 Å². The molecule has 0 aliphatic carbocycles. The van der Waals surface area contributed by atoms with E-state index >= 15 is 0 Å². The Morgan fingerprint density at radius 1 is 0.480 bits per heavy atom. The van der Waals surface area contributed by atoms with Crippen LogP contribution in [0.15, 0.2) is 0 Å². The molecule has 2 N–H and O–H groups in total. The predicted octanol–water partition coefficient (Wildman–Crippen LogP) is 8.37. The van der Waals surface area contributed by atoms with E-state index in [1.807, 2.05) is 0 Å². The van der Waals surface area contributed by atoms with Crippen LogP contribution < -0.4 is 0 Å². The van der Waals surface area contributed by atoms with E-state index in [-0.39, 0.29) is 5.48 Å². The van der Waals surface area contributed by atoms with Crippen LogP contribution in [0, 0.1) is 0 Å². The minimum absolute atomic E-state index is 0. The van der Waals surface area contributed by atoms with Gasteiger partial charge in [0.1, 0.15) is 0 Å². The van der Waals surface area contributed by atoms with Crippen molar-refractivity contribution in [2.24, 2.45) is 0 Å². The van der Waals surface area contributed by atoms with E-state index in [1.54, 1.807) is 0 Å². The summed E-state index contributed by atoms with van der Waals surface area (Å²) >= 11 is -2.53. The fraction of sp³-hybridized carbons (Fsp3) is 1.00. The molecule has 0 spiro atoms. The molecule has 0 aromatic heterocycles. The number of rotatable bonds is 16. The SMILES string of the molecule is CCCCCCC[CH2][Sn]([Cl])[CH2]C.CCCCCCC[CH2][Sn]([Cl])[CH2]C.O. The third-order valence-corrected chi connectivity index (χ3v) is 20.0. The van der Waals surface area contributed by atoms with Crippen LogP contribution in [-0.2, 0) is 0 Å². The Bertz CT molecular complexity index is 200. The average molecular weight is 611 g/mol. The molecule has 0 aromatic carbocycles. The minimum atomic E-state index is -1.27. The summed E-state index contributed by atoms with van der Waals surface area (Å²) < 4.78 is 5.45. The molecule has 25 heavy (non-hydrogen) atoms. The van der Waals surface area contributed by atoms with E-state index in [2.05, 4.69) is 27.7 Å². The predicted molar refractivity (Wildman–Crippen MR) is 124 cm³/mol. The summed E-state index contributed by atoms with van der Waals surface area (Å²) in [6.07, 6.45) is 17.0. The van der Waals surface area contributed by atoms with Crippen molar-refractivity contribution in [1.82, 2.24) is 0 Å². The molecule has 0 atom stereocenters. The molecule has 154 valence electrons. The zero-order chi connectivity index (χ0) is 18.5. The number of hydrogen-bond acceptors (Lipinski definition) is 0. The number of unbranched alkanes of at least 4 members (excludes halogenated alkanes) is 10. The quantitative estimate of drug-likeness (QED) is 0.124. The minimum Gasteiger partial charge on any atom is -0.412 e. The van der Waals surface area contributed by atoms with E-state index in [0.29, 0.717) is 0 Å². The molecule has 0 saturated heterocycles. The van der Waals surface area contributed by atoms with Gasteiger partial charge in [-0.3, -0.25) is 0 Å². The second kappa shape index (κ2) is 28.3. The van der Waals surface area contributed by atoms with Crippen molar-refractivity contribution < 1.29 is 5.48 Å². The van der Waals surface area contributed by atoms with Crippen molar-refractivity contribution >= 4 is 55.1 Å². The van der Waals surface area contributed by atoms with Gasteiger partial charge in [-0.05, 0) is 0 Å². The molecule has 0 heterocycles. The Hall–Kier alpha value is 2.14. The molecule has 2 radical (unpaired) electrons. The molecule has 5 heteroatoms. The fourth-order valence-electron chi connectivity index (χ4n) is 2.55. The maximum absolute atomic E-state index is 6.20. The third-order valence-electron chi connectivity index (χ3n) is 4.37. The first-order valence-corrected chi connectivity index (χ1v) is 25.9. The van der Waals surface area contributed by atoms with Crippen LogP contribution in [0.4, 0.5) is 0 Å². The summed E-state index contributed by atoms with van der Waals surface area (Å²) in [5.41, 5.74) is 0. The van der Waals surface area contributed by atoms with Crippen molar-refractivity contribution in [2.45, 2.75) is 122 Å². The summed E-state index contributed by atoms with van der Waals surface area (Å²) in [6.45, 7) is 9.03. The van der Waals surface area contributed by atoms with Gasteiger partial charge in [0.25, 0.3) is 0 Å². The van der Waals surface area contributed by atoms with Gasteiger partial charge in [0, 0.05) is 0 Å². The Balaban J connectivity index is -0.000000372. The molecular formula is C20H46Cl2OSn2. The number of hydrogen-bond donors (Lipinski definition) is 0. The van der Waals surface area contributed by atoms with Gasteiger partial charge in [0.05, 0.1) is 0 Å². The molecule has 0 aliphatic heterocycles. The third kappa shape index (κ3) is 31.1. The first-order valence-electron chi connectivity index (χ1n) is 10.6. The number of halogens is 2. The topological polar surface area (TPSA) is 31.5 Å². The largest absolute Gasteiger partial charge is 0.412 e. The smallest absolute Gasteiger partial charge is 0.412 e. The molecular weight excluding hydrogens is 565 g/mol. The van der Waals surface area contributed by atoms with Crippen LogP contribution in [0.1, 0.15) is 105 Å². The molecule has 0 unspecified atom stereocenters. The normalized spacial score (nSPS) is 10.6. The van der Waals surface area contributed by atoms with E-state index in [0.717, 1.165) is 0 Å². The second-order valence-electron chi connectivity index (χ2n) is 6.78. The van der Waals surface area contributed by atoms with E-state index in [4.69, 9.17) is 17.8 Å². The van der Waals surface area contributed by atoms with Crippen LogP contribution in [0.5, 0.6) is 0 Å². The summed E-state index contributed by atoms with van der Waals surface area (Å²) in [6, 6.07) is 0. The van der Waals surface area contributed by atoms with Crippen molar-refractivity contribution in [3.8, 4) is 0 Å².